The smallest absolute Gasteiger partial charge is 0.264 e. The zero-order chi connectivity index (χ0) is 15.7. The lowest BCUT2D eigenvalue weighted by molar-refractivity contribution is 0.0624. The highest BCUT2D eigenvalue weighted by Gasteiger charge is 2.28. The van der Waals surface area contributed by atoms with Gasteiger partial charge in [0.05, 0.1) is 4.88 Å². The van der Waals surface area contributed by atoms with Gasteiger partial charge >= 0.3 is 0 Å². The number of halogens is 1. The van der Waals surface area contributed by atoms with Crippen molar-refractivity contribution in [1.29, 1.82) is 0 Å². The lowest BCUT2D eigenvalue weighted by atomic mass is 9.99. The lowest BCUT2D eigenvalue weighted by Crippen LogP contribution is -2.48. The van der Waals surface area contributed by atoms with E-state index < -0.39 is 0 Å². The number of piperidine rings is 1. The third-order valence-electron chi connectivity index (χ3n) is 4.12. The first-order chi connectivity index (χ1) is 10.5. The molecule has 0 radical (unpaired) electrons. The summed E-state index contributed by atoms with van der Waals surface area (Å²) in [7, 11) is 0. The van der Waals surface area contributed by atoms with Gasteiger partial charge in [-0.1, -0.05) is 12.1 Å². The standard InChI is InChI=1S/C17H19FN2OS/c1-11-10-14(19)8-9-20(11)17(21)16-7-6-15(22-16)12-2-4-13(18)5-3-12/h2-7,11,14H,8-10,19H2,1H3/t11-,14+/m1/s1. The zero-order valence-electron chi connectivity index (χ0n) is 12.5. The van der Waals surface area contributed by atoms with E-state index in [9.17, 15) is 9.18 Å². The molecule has 22 heavy (non-hydrogen) atoms. The molecule has 3 rings (SSSR count). The van der Waals surface area contributed by atoms with Gasteiger partial charge in [-0.05, 0) is 49.6 Å². The molecule has 1 amide bonds. The largest absolute Gasteiger partial charge is 0.335 e. The quantitative estimate of drug-likeness (QED) is 0.921. The van der Waals surface area contributed by atoms with Crippen molar-refractivity contribution in [3.05, 3.63) is 47.1 Å². The molecule has 0 aliphatic carbocycles. The van der Waals surface area contributed by atoms with E-state index in [1.54, 1.807) is 12.1 Å². The van der Waals surface area contributed by atoms with Crippen LogP contribution >= 0.6 is 11.3 Å². The molecule has 116 valence electrons. The second-order valence-electron chi connectivity index (χ2n) is 5.80. The summed E-state index contributed by atoms with van der Waals surface area (Å²) in [6.07, 6.45) is 1.70. The molecular formula is C17H19FN2OS. The molecule has 1 fully saturated rings. The molecule has 2 heterocycles. The number of hydrogen-bond donors (Lipinski definition) is 1. The van der Waals surface area contributed by atoms with Crippen molar-refractivity contribution >= 4 is 17.2 Å². The van der Waals surface area contributed by atoms with E-state index in [0.29, 0.717) is 6.54 Å². The van der Waals surface area contributed by atoms with Gasteiger partial charge < -0.3 is 10.6 Å². The number of hydrogen-bond acceptors (Lipinski definition) is 3. The first-order valence-electron chi connectivity index (χ1n) is 7.47. The van der Waals surface area contributed by atoms with Gasteiger partial charge in [0.2, 0.25) is 0 Å². The Hall–Kier alpha value is -1.72. The first-order valence-corrected chi connectivity index (χ1v) is 8.28. The van der Waals surface area contributed by atoms with Crippen molar-refractivity contribution in [2.45, 2.75) is 31.8 Å². The molecule has 1 aliphatic heterocycles. The summed E-state index contributed by atoms with van der Waals surface area (Å²) >= 11 is 1.45. The number of benzene rings is 1. The molecule has 2 N–H and O–H groups in total. The van der Waals surface area contributed by atoms with Crippen LogP contribution in [0.3, 0.4) is 0 Å². The number of carbonyl (C=O) groups is 1. The van der Waals surface area contributed by atoms with Crippen molar-refractivity contribution in [2.75, 3.05) is 6.54 Å². The van der Waals surface area contributed by atoms with Crippen LogP contribution in [-0.4, -0.2) is 29.4 Å². The van der Waals surface area contributed by atoms with Gasteiger partial charge in [0, 0.05) is 23.5 Å². The van der Waals surface area contributed by atoms with Crippen LogP contribution in [0.4, 0.5) is 4.39 Å². The van der Waals surface area contributed by atoms with Crippen molar-refractivity contribution in [2.24, 2.45) is 5.73 Å². The molecule has 0 spiro atoms. The van der Waals surface area contributed by atoms with Crippen LogP contribution in [0.2, 0.25) is 0 Å². The van der Waals surface area contributed by atoms with Crippen LogP contribution in [0, 0.1) is 5.82 Å². The average Bonchev–Trinajstić information content (AvgIpc) is 2.97. The van der Waals surface area contributed by atoms with E-state index >= 15 is 0 Å². The van der Waals surface area contributed by atoms with Crippen LogP contribution in [0.5, 0.6) is 0 Å². The van der Waals surface area contributed by atoms with Crippen molar-refractivity contribution in [1.82, 2.24) is 4.90 Å². The van der Waals surface area contributed by atoms with Crippen molar-refractivity contribution in [3.8, 4) is 10.4 Å². The molecule has 2 atom stereocenters. The Labute approximate surface area is 133 Å². The molecule has 5 heteroatoms. The molecule has 1 aromatic carbocycles. The number of carbonyl (C=O) groups excluding carboxylic acids is 1. The predicted molar refractivity (Wildman–Crippen MR) is 87.4 cm³/mol. The Balaban J connectivity index is 1.78. The van der Waals surface area contributed by atoms with E-state index in [2.05, 4.69) is 0 Å². The Morgan fingerprint density at radius 2 is 2.00 bits per heavy atom. The van der Waals surface area contributed by atoms with Crippen LogP contribution in [0.15, 0.2) is 36.4 Å². The highest BCUT2D eigenvalue weighted by atomic mass is 32.1. The van der Waals surface area contributed by atoms with E-state index in [1.165, 1.54) is 23.5 Å². The van der Waals surface area contributed by atoms with E-state index in [1.807, 2.05) is 24.0 Å². The van der Waals surface area contributed by atoms with Crippen LogP contribution in [0.1, 0.15) is 29.4 Å². The van der Waals surface area contributed by atoms with Gasteiger partial charge in [-0.15, -0.1) is 11.3 Å². The monoisotopic (exact) mass is 318 g/mol. The Bertz CT molecular complexity index is 668. The van der Waals surface area contributed by atoms with Gasteiger partial charge in [-0.2, -0.15) is 0 Å². The summed E-state index contributed by atoms with van der Waals surface area (Å²) in [5, 5.41) is 0. The summed E-state index contributed by atoms with van der Waals surface area (Å²) in [5.74, 6) is -0.187. The lowest BCUT2D eigenvalue weighted by Gasteiger charge is -2.36. The number of nitrogens with zero attached hydrogens (tertiary/aromatic N) is 1. The normalized spacial score (nSPS) is 21.9. The maximum Gasteiger partial charge on any atom is 0.264 e. The third-order valence-corrected chi connectivity index (χ3v) is 5.25. The summed E-state index contributed by atoms with van der Waals surface area (Å²) < 4.78 is 13.0. The van der Waals surface area contributed by atoms with Crippen LogP contribution in [-0.2, 0) is 0 Å². The number of rotatable bonds is 2. The van der Waals surface area contributed by atoms with Crippen molar-refractivity contribution < 1.29 is 9.18 Å². The van der Waals surface area contributed by atoms with Crippen molar-refractivity contribution in [3.63, 3.8) is 0 Å². The summed E-state index contributed by atoms with van der Waals surface area (Å²) in [5.41, 5.74) is 6.88. The Kier molecular flexibility index (Phi) is 4.27. The second-order valence-corrected chi connectivity index (χ2v) is 6.89. The fraction of sp³-hybridized carbons (Fsp3) is 0.353. The number of likely N-dealkylation sites (tertiary alicyclic amines) is 1. The maximum atomic E-state index is 13.0. The molecule has 0 bridgehead atoms. The molecule has 2 aromatic rings. The number of thiophene rings is 1. The number of amides is 1. The molecule has 1 saturated heterocycles. The van der Waals surface area contributed by atoms with Gasteiger partial charge in [0.25, 0.3) is 5.91 Å². The number of nitrogens with two attached hydrogens (primary N) is 1. The van der Waals surface area contributed by atoms with Crippen LogP contribution in [0.25, 0.3) is 10.4 Å². The summed E-state index contributed by atoms with van der Waals surface area (Å²) in [6.45, 7) is 2.76. The predicted octanol–water partition coefficient (Wildman–Crippen LogP) is 3.51. The maximum absolute atomic E-state index is 13.0. The van der Waals surface area contributed by atoms with Gasteiger partial charge in [0.15, 0.2) is 0 Å². The average molecular weight is 318 g/mol. The van der Waals surface area contributed by atoms with E-state index in [4.69, 9.17) is 5.73 Å². The van der Waals surface area contributed by atoms with E-state index in [0.717, 1.165) is 28.2 Å². The highest BCUT2D eigenvalue weighted by Crippen LogP contribution is 2.30. The molecule has 1 aromatic heterocycles. The zero-order valence-corrected chi connectivity index (χ0v) is 13.3. The SMILES string of the molecule is C[C@@H]1C[C@@H](N)CCN1C(=O)c1ccc(-c2ccc(F)cc2)s1. The minimum atomic E-state index is -0.255. The van der Waals surface area contributed by atoms with Gasteiger partial charge in [-0.3, -0.25) is 4.79 Å². The minimum Gasteiger partial charge on any atom is -0.335 e. The molecule has 3 nitrogen and oxygen atoms in total. The Morgan fingerprint density at radius 1 is 1.27 bits per heavy atom. The fourth-order valence-electron chi connectivity index (χ4n) is 2.87. The van der Waals surface area contributed by atoms with Gasteiger partial charge in [-0.25, -0.2) is 4.39 Å². The molecule has 0 unspecified atom stereocenters. The first kappa shape index (κ1) is 15.2. The molecular weight excluding hydrogens is 299 g/mol. The highest BCUT2D eigenvalue weighted by molar-refractivity contribution is 7.17. The summed E-state index contributed by atoms with van der Waals surface area (Å²) in [6, 6.07) is 10.5. The molecule has 0 saturated carbocycles. The van der Waals surface area contributed by atoms with E-state index in [-0.39, 0.29) is 23.8 Å². The fourth-order valence-corrected chi connectivity index (χ4v) is 3.84. The summed E-state index contributed by atoms with van der Waals surface area (Å²) in [4.78, 5) is 16.3. The third kappa shape index (κ3) is 3.05. The Morgan fingerprint density at radius 3 is 2.68 bits per heavy atom. The topological polar surface area (TPSA) is 46.3 Å². The molecule has 1 aliphatic rings. The minimum absolute atomic E-state index is 0.0674. The second kappa shape index (κ2) is 6.18. The van der Waals surface area contributed by atoms with Gasteiger partial charge in [0.1, 0.15) is 5.82 Å². The van der Waals surface area contributed by atoms with Crippen LogP contribution < -0.4 is 5.73 Å².